The molecule has 16 heteroatoms. The van der Waals surface area contributed by atoms with Gasteiger partial charge in [0.05, 0.1) is 20.0 Å². The number of imidazole rings is 1. The van der Waals surface area contributed by atoms with Gasteiger partial charge in [0.2, 0.25) is 11.8 Å². The zero-order valence-corrected chi connectivity index (χ0v) is 21.6. The number of rotatable bonds is 10. The summed E-state index contributed by atoms with van der Waals surface area (Å²) in [5, 5.41) is 17.2. The summed E-state index contributed by atoms with van der Waals surface area (Å²) in [6.45, 7) is 1.04. The average Bonchev–Trinajstić information content (AvgIpc) is 3.40. The highest BCUT2D eigenvalue weighted by molar-refractivity contribution is 7.52. The van der Waals surface area contributed by atoms with Gasteiger partial charge in [0.15, 0.2) is 17.4 Å². The highest BCUT2D eigenvalue weighted by Gasteiger charge is 2.58. The number of methoxy groups -OCH3 is 1. The first kappa shape index (κ1) is 26.2. The largest absolute Gasteiger partial charge is 0.479 e. The van der Waals surface area contributed by atoms with Gasteiger partial charge in [0.25, 0.3) is 0 Å². The molecule has 0 bridgehead atoms. The molecule has 1 saturated carbocycles. The zero-order chi connectivity index (χ0) is 26.9. The first-order valence-corrected chi connectivity index (χ1v) is 13.5. The van der Waals surface area contributed by atoms with E-state index < -0.39 is 38.3 Å². The molecule has 15 nitrogen and oxygen atoms in total. The second kappa shape index (κ2) is 10.4. The van der Waals surface area contributed by atoms with Crippen LogP contribution in [0.15, 0.2) is 41.8 Å². The third kappa shape index (κ3) is 4.75. The van der Waals surface area contributed by atoms with Crippen LogP contribution in [0.3, 0.4) is 0 Å². The fourth-order valence-electron chi connectivity index (χ4n) is 4.58. The molecule has 202 valence electrons. The zero-order valence-electron chi connectivity index (χ0n) is 20.7. The number of fused-ring (bicyclic) bond motifs is 1. The van der Waals surface area contributed by atoms with Crippen molar-refractivity contribution < 1.29 is 28.2 Å². The Morgan fingerprint density at radius 3 is 2.76 bits per heavy atom. The molecule has 2 aliphatic rings. The van der Waals surface area contributed by atoms with Crippen molar-refractivity contribution in [3.8, 4) is 11.6 Å². The number of hydrogen-bond donors (Lipinski definition) is 3. The molecule has 0 radical (unpaired) electrons. The van der Waals surface area contributed by atoms with Gasteiger partial charge in [-0.2, -0.15) is 9.97 Å². The van der Waals surface area contributed by atoms with Crippen LogP contribution in [0, 0.1) is 0 Å². The predicted molar refractivity (Wildman–Crippen MR) is 135 cm³/mol. The monoisotopic (exact) mass is 545 g/mol. The van der Waals surface area contributed by atoms with E-state index in [-0.39, 0.29) is 23.5 Å². The number of hydrogen-bond acceptors (Lipinski definition) is 11. The Morgan fingerprint density at radius 1 is 1.37 bits per heavy atom. The number of anilines is 1. The number of ether oxygens (including phenoxy) is 2. The van der Waals surface area contributed by atoms with Gasteiger partial charge in [-0.15, -0.1) is 0 Å². The molecule has 4 N–H and O–H groups in total. The highest BCUT2D eigenvalue weighted by Crippen LogP contribution is 2.54. The Labute approximate surface area is 217 Å². The van der Waals surface area contributed by atoms with Gasteiger partial charge in [-0.25, -0.2) is 14.6 Å². The number of azide groups is 1. The van der Waals surface area contributed by atoms with E-state index in [1.54, 1.807) is 37.3 Å². The van der Waals surface area contributed by atoms with Crippen LogP contribution in [0.4, 0.5) is 5.95 Å². The van der Waals surface area contributed by atoms with Crippen molar-refractivity contribution in [1.82, 2.24) is 24.6 Å². The van der Waals surface area contributed by atoms with E-state index >= 15 is 0 Å². The molecule has 2 fully saturated rings. The first-order chi connectivity index (χ1) is 18.3. The Bertz CT molecular complexity index is 1400. The van der Waals surface area contributed by atoms with Gasteiger partial charge in [-0.3, -0.25) is 9.09 Å². The van der Waals surface area contributed by atoms with Crippen molar-refractivity contribution in [2.24, 2.45) is 5.11 Å². The molecule has 1 aromatic carbocycles. The second-order valence-electron chi connectivity index (χ2n) is 9.22. The van der Waals surface area contributed by atoms with E-state index in [1.807, 2.05) is 0 Å². The molecule has 3 aromatic rings. The summed E-state index contributed by atoms with van der Waals surface area (Å²) in [5.74, 6) is 0.396. The number of para-hydroxylation sites is 1. The minimum absolute atomic E-state index is 0.0726. The van der Waals surface area contributed by atoms with E-state index in [9.17, 15) is 15.2 Å². The van der Waals surface area contributed by atoms with Crippen molar-refractivity contribution in [1.29, 1.82) is 0 Å². The lowest BCUT2D eigenvalue weighted by molar-refractivity contribution is -0.0437. The molecular weight excluding hydrogens is 517 g/mol. The minimum atomic E-state index is -4.05. The van der Waals surface area contributed by atoms with Crippen LogP contribution in [0.5, 0.6) is 11.6 Å². The van der Waals surface area contributed by atoms with Crippen LogP contribution in [-0.2, 0) is 13.8 Å². The third-order valence-electron chi connectivity index (χ3n) is 6.68. The van der Waals surface area contributed by atoms with Crippen molar-refractivity contribution in [3.63, 3.8) is 0 Å². The summed E-state index contributed by atoms with van der Waals surface area (Å²) in [7, 11) is -2.63. The molecule has 0 amide bonds. The molecule has 0 spiro atoms. The van der Waals surface area contributed by atoms with Crippen LogP contribution in [0.1, 0.15) is 32.4 Å². The molecule has 2 aromatic heterocycles. The number of aromatic nitrogens is 4. The maximum Gasteiger partial charge on any atom is 0.459 e. The summed E-state index contributed by atoms with van der Waals surface area (Å²) >= 11 is 0. The summed E-state index contributed by atoms with van der Waals surface area (Å²) in [5.41, 5.74) is 14.4. The number of benzene rings is 1. The van der Waals surface area contributed by atoms with Gasteiger partial charge in [-0.1, -0.05) is 29.7 Å². The number of nitrogens with one attached hydrogen (secondary N) is 1. The highest BCUT2D eigenvalue weighted by atomic mass is 31.2. The summed E-state index contributed by atoms with van der Waals surface area (Å²) in [6, 6.07) is 8.50. The van der Waals surface area contributed by atoms with E-state index in [4.69, 9.17) is 24.3 Å². The first-order valence-electron chi connectivity index (χ1n) is 12.0. The number of nitrogen functional groups attached to an aromatic ring is 1. The molecule has 38 heavy (non-hydrogen) atoms. The third-order valence-corrected chi connectivity index (χ3v) is 8.31. The smallest absolute Gasteiger partial charge is 0.459 e. The molecular formula is C22H28N9O6P. The molecule has 1 aliphatic carbocycles. The molecule has 2 unspecified atom stereocenters. The second-order valence-corrected chi connectivity index (χ2v) is 10.9. The van der Waals surface area contributed by atoms with Gasteiger partial charge in [0, 0.05) is 11.0 Å². The number of aliphatic hydroxyl groups is 1. The standard InChI is InChI=1S/C22H28N9O6P/c1-22(29-30-24)17(37-38(33,28-13-7-6-8-13)36-14-9-4-3-5-10-14)15(11-32)35-20(22)31-12-25-16-18(31)26-21(23)27-19(16)34-2/h3-5,9-10,12-13,15,17,20,32H,6-8,11H2,1-2H3,(H,28,33)(H2,23,26,27)/t15-,17-,20?,22-,38?/m1/s1. The lowest BCUT2D eigenvalue weighted by atomic mass is 9.93. The van der Waals surface area contributed by atoms with Crippen molar-refractivity contribution >= 4 is 24.9 Å². The van der Waals surface area contributed by atoms with Gasteiger partial charge >= 0.3 is 7.75 Å². The van der Waals surface area contributed by atoms with Crippen LogP contribution in [0.25, 0.3) is 21.6 Å². The minimum Gasteiger partial charge on any atom is -0.479 e. The van der Waals surface area contributed by atoms with E-state index in [0.717, 1.165) is 19.3 Å². The summed E-state index contributed by atoms with van der Waals surface area (Å²) in [4.78, 5) is 15.6. The normalized spacial score (nSPS) is 26.9. The summed E-state index contributed by atoms with van der Waals surface area (Å²) in [6.07, 6.45) is 0.653. The SMILES string of the molecule is COc1nc(N)nc2c1ncn2C1O[C@H](CO)[C@@H](OP(=O)(NC2CCC2)Oc2ccccc2)[C@@]1(C)N=[N+]=[N-]. The lowest BCUT2D eigenvalue weighted by Crippen LogP contribution is -2.46. The summed E-state index contributed by atoms with van der Waals surface area (Å²) < 4.78 is 39.0. The van der Waals surface area contributed by atoms with E-state index in [2.05, 4.69) is 30.1 Å². The average molecular weight is 545 g/mol. The topological polar surface area (TPSA) is 205 Å². The van der Waals surface area contributed by atoms with Crippen molar-refractivity contribution in [2.45, 2.75) is 56.2 Å². The Kier molecular flexibility index (Phi) is 7.14. The molecule has 5 atom stereocenters. The van der Waals surface area contributed by atoms with Crippen LogP contribution < -0.4 is 20.1 Å². The molecule has 1 saturated heterocycles. The van der Waals surface area contributed by atoms with E-state index in [1.165, 1.54) is 18.0 Å². The fourth-order valence-corrected chi connectivity index (χ4v) is 6.49. The number of aliphatic hydroxyl groups excluding tert-OH is 1. The van der Waals surface area contributed by atoms with Crippen molar-refractivity contribution in [3.05, 3.63) is 47.1 Å². The van der Waals surface area contributed by atoms with Crippen LogP contribution in [0.2, 0.25) is 0 Å². The Morgan fingerprint density at radius 2 is 2.13 bits per heavy atom. The predicted octanol–water partition coefficient (Wildman–Crippen LogP) is 3.09. The molecule has 1 aliphatic heterocycles. The number of nitrogens with zero attached hydrogens (tertiary/aromatic N) is 7. The van der Waals surface area contributed by atoms with E-state index in [0.29, 0.717) is 11.3 Å². The van der Waals surface area contributed by atoms with Gasteiger partial charge in [-0.05, 0) is 37.4 Å². The lowest BCUT2D eigenvalue weighted by Gasteiger charge is -2.35. The fraction of sp³-hybridized carbons (Fsp3) is 0.500. The molecule has 3 heterocycles. The van der Waals surface area contributed by atoms with Crippen molar-refractivity contribution in [2.75, 3.05) is 19.5 Å². The maximum atomic E-state index is 14.1. The van der Waals surface area contributed by atoms with Crippen LogP contribution in [-0.4, -0.2) is 62.1 Å². The maximum absolute atomic E-state index is 14.1. The molecule has 5 rings (SSSR count). The number of nitrogens with two attached hydrogens (primary N) is 1. The van der Waals surface area contributed by atoms with Gasteiger partial charge < -0.3 is 24.8 Å². The van der Waals surface area contributed by atoms with Gasteiger partial charge in [0.1, 0.15) is 23.5 Å². The Hall–Kier alpha value is -3.45. The quantitative estimate of drug-likeness (QED) is 0.146. The Balaban J connectivity index is 1.55. The van der Waals surface area contributed by atoms with Crippen LogP contribution >= 0.6 is 7.75 Å².